The van der Waals surface area contributed by atoms with Crippen molar-refractivity contribution in [3.8, 4) is 0 Å². The number of halogens is 4. The summed E-state index contributed by atoms with van der Waals surface area (Å²) in [6.45, 7) is 4.30. The van der Waals surface area contributed by atoms with Crippen LogP contribution in [-0.2, 0) is 0 Å². The number of aliphatic hydroxyl groups is 1. The maximum Gasteiger partial charge on any atom is 0.418 e. The first-order valence-electron chi connectivity index (χ1n) is 3.02. The Hall–Kier alpha value is -0.480. The minimum atomic E-state index is -4.65. The lowest BCUT2D eigenvalue weighted by Crippen LogP contribution is -2.29. The van der Waals surface area contributed by atoms with Gasteiger partial charge in [0.05, 0.1) is 0 Å². The van der Waals surface area contributed by atoms with Gasteiger partial charge < -0.3 is 5.11 Å². The van der Waals surface area contributed by atoms with Crippen molar-refractivity contribution in [3.05, 3.63) is 23.3 Å². The van der Waals surface area contributed by atoms with Crippen LogP contribution in [0.2, 0.25) is 0 Å². The lowest BCUT2D eigenvalue weighted by molar-refractivity contribution is -0.191. The molecule has 70 valence electrons. The summed E-state index contributed by atoms with van der Waals surface area (Å²) in [4.78, 5) is 0. The zero-order valence-corrected chi connectivity index (χ0v) is 7.08. The van der Waals surface area contributed by atoms with Crippen LogP contribution in [-0.4, -0.2) is 17.4 Å². The van der Waals surface area contributed by atoms with E-state index in [1.165, 1.54) is 0 Å². The molecule has 0 aliphatic carbocycles. The molecule has 5 heteroatoms. The summed E-state index contributed by atoms with van der Waals surface area (Å²) in [5.41, 5.74) is -0.275. The maximum absolute atomic E-state index is 11.8. The Morgan fingerprint density at radius 1 is 1.58 bits per heavy atom. The Morgan fingerprint density at radius 2 is 2.00 bits per heavy atom. The second kappa shape index (κ2) is 3.96. The van der Waals surface area contributed by atoms with Crippen LogP contribution >= 0.6 is 11.6 Å². The summed E-state index contributed by atoms with van der Waals surface area (Å²) in [7, 11) is 0. The number of aliphatic hydroxyl groups excluding tert-OH is 1. The molecule has 0 saturated carbocycles. The average Bonchev–Trinajstić information content (AvgIpc) is 1.82. The van der Waals surface area contributed by atoms with Crippen LogP contribution in [0.4, 0.5) is 13.2 Å². The van der Waals surface area contributed by atoms with Gasteiger partial charge in [-0.1, -0.05) is 18.2 Å². The van der Waals surface area contributed by atoms with Crippen LogP contribution in [0.25, 0.3) is 0 Å². The fraction of sp³-hybridized carbons (Fsp3) is 0.429. The molecule has 0 fully saturated rings. The van der Waals surface area contributed by atoms with E-state index in [0.29, 0.717) is 0 Å². The second-order valence-corrected chi connectivity index (χ2v) is 2.76. The van der Waals surface area contributed by atoms with Gasteiger partial charge >= 0.3 is 6.18 Å². The van der Waals surface area contributed by atoms with Gasteiger partial charge in [0, 0.05) is 5.03 Å². The van der Waals surface area contributed by atoms with E-state index in [-0.39, 0.29) is 10.6 Å². The first-order valence-corrected chi connectivity index (χ1v) is 3.40. The Bertz CT molecular complexity index is 207. The third-order valence-corrected chi connectivity index (χ3v) is 1.23. The number of hydrogen-bond acceptors (Lipinski definition) is 1. The molecule has 0 aromatic rings. The van der Waals surface area contributed by atoms with E-state index in [0.717, 1.165) is 13.0 Å². The monoisotopic (exact) mass is 200 g/mol. The van der Waals surface area contributed by atoms with E-state index in [4.69, 9.17) is 16.7 Å². The quantitative estimate of drug-likeness (QED) is 0.680. The average molecular weight is 201 g/mol. The van der Waals surface area contributed by atoms with Crippen LogP contribution in [0.5, 0.6) is 0 Å². The molecule has 1 nitrogen and oxygen atoms in total. The standard InChI is InChI=1S/C7H8ClF3O/c1-4(3-5(2)8)6(12)7(9,10)11/h3,6,12H,2H2,1H3/b4-3+. The Labute approximate surface area is 73.1 Å². The van der Waals surface area contributed by atoms with Gasteiger partial charge in [0.2, 0.25) is 0 Å². The molecule has 0 heterocycles. The molecule has 0 saturated heterocycles. The normalized spacial score (nSPS) is 16.0. The second-order valence-electron chi connectivity index (χ2n) is 2.28. The minimum absolute atomic E-state index is 0.0456. The minimum Gasteiger partial charge on any atom is -0.379 e. The summed E-state index contributed by atoms with van der Waals surface area (Å²) in [6, 6.07) is 0. The number of rotatable bonds is 2. The van der Waals surface area contributed by atoms with Gasteiger partial charge in [-0.25, -0.2) is 0 Å². The first-order chi connectivity index (χ1) is 5.25. The maximum atomic E-state index is 11.8. The molecule has 0 amide bonds. The molecule has 0 rings (SSSR count). The van der Waals surface area contributed by atoms with E-state index >= 15 is 0 Å². The molecule has 1 unspecified atom stereocenters. The number of hydrogen-bond donors (Lipinski definition) is 1. The van der Waals surface area contributed by atoms with Crippen LogP contribution in [0.3, 0.4) is 0 Å². The summed E-state index contributed by atoms with van der Waals surface area (Å²) >= 11 is 5.22. The fourth-order valence-electron chi connectivity index (χ4n) is 0.584. The van der Waals surface area contributed by atoms with Crippen molar-refractivity contribution in [2.24, 2.45) is 0 Å². The summed E-state index contributed by atoms with van der Waals surface area (Å²) in [5, 5.41) is 8.56. The highest BCUT2D eigenvalue weighted by atomic mass is 35.5. The molecule has 0 aliphatic rings. The molecule has 0 bridgehead atoms. The van der Waals surface area contributed by atoms with Gasteiger partial charge in [0.15, 0.2) is 6.10 Å². The third kappa shape index (κ3) is 3.78. The molecule has 12 heavy (non-hydrogen) atoms. The lowest BCUT2D eigenvalue weighted by Gasteiger charge is -2.14. The highest BCUT2D eigenvalue weighted by Crippen LogP contribution is 2.25. The highest BCUT2D eigenvalue weighted by molar-refractivity contribution is 6.30. The van der Waals surface area contributed by atoms with Crippen LogP contribution in [0, 0.1) is 0 Å². The summed E-state index contributed by atoms with van der Waals surface area (Å²) in [5.74, 6) is 0. The zero-order chi connectivity index (χ0) is 9.94. The predicted octanol–water partition coefficient (Wildman–Crippen LogP) is 2.61. The molecule has 0 spiro atoms. The van der Waals surface area contributed by atoms with Gasteiger partial charge in [0.1, 0.15) is 0 Å². The van der Waals surface area contributed by atoms with E-state index in [1.807, 2.05) is 0 Å². The Balaban J connectivity index is 4.50. The van der Waals surface area contributed by atoms with E-state index in [9.17, 15) is 13.2 Å². The predicted molar refractivity (Wildman–Crippen MR) is 40.8 cm³/mol. The number of allylic oxidation sites excluding steroid dienone is 2. The van der Waals surface area contributed by atoms with Crippen molar-refractivity contribution in [1.29, 1.82) is 0 Å². The van der Waals surface area contributed by atoms with Crippen molar-refractivity contribution in [3.63, 3.8) is 0 Å². The van der Waals surface area contributed by atoms with Crippen molar-refractivity contribution in [1.82, 2.24) is 0 Å². The molecule has 0 aliphatic heterocycles. The number of alkyl halides is 3. The molecule has 1 N–H and O–H groups in total. The van der Waals surface area contributed by atoms with Crippen LogP contribution in [0.15, 0.2) is 23.3 Å². The van der Waals surface area contributed by atoms with Crippen molar-refractivity contribution in [2.75, 3.05) is 0 Å². The molecule has 1 atom stereocenters. The summed E-state index contributed by atoms with van der Waals surface area (Å²) < 4.78 is 35.4. The Kier molecular flexibility index (Phi) is 3.80. The van der Waals surface area contributed by atoms with Gasteiger partial charge in [0.25, 0.3) is 0 Å². The smallest absolute Gasteiger partial charge is 0.379 e. The van der Waals surface area contributed by atoms with E-state index in [2.05, 4.69) is 6.58 Å². The van der Waals surface area contributed by atoms with E-state index < -0.39 is 12.3 Å². The van der Waals surface area contributed by atoms with Gasteiger partial charge in [-0.05, 0) is 18.6 Å². The zero-order valence-electron chi connectivity index (χ0n) is 6.32. The van der Waals surface area contributed by atoms with Crippen molar-refractivity contribution in [2.45, 2.75) is 19.2 Å². The van der Waals surface area contributed by atoms with Gasteiger partial charge in [-0.3, -0.25) is 0 Å². The molecular formula is C7H8ClF3O. The molecular weight excluding hydrogens is 193 g/mol. The third-order valence-electron chi connectivity index (χ3n) is 1.13. The van der Waals surface area contributed by atoms with Gasteiger partial charge in [-0.15, -0.1) is 0 Å². The molecule has 0 aromatic heterocycles. The van der Waals surface area contributed by atoms with Crippen LogP contribution < -0.4 is 0 Å². The highest BCUT2D eigenvalue weighted by Gasteiger charge is 2.39. The molecule has 0 aromatic carbocycles. The first kappa shape index (κ1) is 11.5. The van der Waals surface area contributed by atoms with Crippen LogP contribution in [0.1, 0.15) is 6.92 Å². The van der Waals surface area contributed by atoms with E-state index in [1.54, 1.807) is 0 Å². The topological polar surface area (TPSA) is 20.2 Å². The van der Waals surface area contributed by atoms with Crippen molar-refractivity contribution < 1.29 is 18.3 Å². The van der Waals surface area contributed by atoms with Crippen molar-refractivity contribution >= 4 is 11.6 Å². The Morgan fingerprint density at radius 3 is 2.25 bits per heavy atom. The fourth-order valence-corrected chi connectivity index (χ4v) is 0.756. The largest absolute Gasteiger partial charge is 0.418 e. The summed E-state index contributed by atoms with van der Waals surface area (Å²) in [6.07, 6.45) is -6.14. The lowest BCUT2D eigenvalue weighted by atomic mass is 10.1. The SMILES string of the molecule is C=C(Cl)/C=C(\C)C(O)C(F)(F)F. The van der Waals surface area contributed by atoms with Gasteiger partial charge in [-0.2, -0.15) is 13.2 Å². The molecule has 0 radical (unpaired) electrons.